The molecule has 0 fully saturated rings. The van der Waals surface area contributed by atoms with Crippen LogP contribution in [0.1, 0.15) is 32.0 Å². The van der Waals surface area contributed by atoms with Crippen molar-refractivity contribution in [2.75, 3.05) is 7.11 Å². The number of carboxylic acid groups (broad SMARTS) is 1. The number of aliphatic carboxylic acids is 1. The molecular weight excluding hydrogens is 476 g/mol. The van der Waals surface area contributed by atoms with Gasteiger partial charge in [0.1, 0.15) is 23.9 Å². The van der Waals surface area contributed by atoms with Crippen LogP contribution >= 0.6 is 0 Å². The zero-order valence-corrected chi connectivity index (χ0v) is 22.6. The second kappa shape index (κ2) is 11.1. The molecular formula is C27H34N2O6Si. The molecule has 192 valence electrons. The molecule has 3 rings (SSSR count). The van der Waals surface area contributed by atoms with E-state index >= 15 is 0 Å². The zero-order chi connectivity index (χ0) is 26.5. The van der Waals surface area contributed by atoms with Crippen LogP contribution in [-0.2, 0) is 17.8 Å². The van der Waals surface area contributed by atoms with Crippen molar-refractivity contribution in [1.82, 2.24) is 9.97 Å². The number of carboxylic acids is 1. The van der Waals surface area contributed by atoms with E-state index in [1.54, 1.807) is 31.5 Å². The number of nitrogens with zero attached hydrogens (tertiary/aromatic N) is 2. The molecule has 0 aliphatic carbocycles. The maximum atomic E-state index is 11.3. The molecule has 1 heterocycles. The van der Waals surface area contributed by atoms with E-state index in [1.165, 1.54) is 0 Å². The fraction of sp³-hybridized carbons (Fsp3) is 0.370. The first kappa shape index (κ1) is 27.2. The number of para-hydroxylation sites is 1. The van der Waals surface area contributed by atoms with Crippen molar-refractivity contribution in [2.45, 2.75) is 58.0 Å². The van der Waals surface area contributed by atoms with E-state index in [0.717, 1.165) is 5.56 Å². The number of aliphatic hydroxyl groups is 1. The minimum absolute atomic E-state index is 0.00489. The zero-order valence-electron chi connectivity index (χ0n) is 21.6. The second-order valence-corrected chi connectivity index (χ2v) is 14.8. The van der Waals surface area contributed by atoms with Gasteiger partial charge in [0.15, 0.2) is 11.9 Å². The van der Waals surface area contributed by atoms with Crippen molar-refractivity contribution < 1.29 is 28.9 Å². The van der Waals surface area contributed by atoms with Crippen LogP contribution in [0.3, 0.4) is 0 Å². The lowest BCUT2D eigenvalue weighted by molar-refractivity contribution is -0.146. The lowest BCUT2D eigenvalue weighted by Gasteiger charge is -2.36. The number of aliphatic hydroxyl groups excluding tert-OH is 1. The second-order valence-electron chi connectivity index (χ2n) is 10.1. The molecule has 9 heteroatoms. The number of benzene rings is 2. The predicted octanol–water partition coefficient (Wildman–Crippen LogP) is 5.10. The summed E-state index contributed by atoms with van der Waals surface area (Å²) in [5.74, 6) is 0.956. The van der Waals surface area contributed by atoms with E-state index in [1.807, 2.05) is 30.3 Å². The predicted molar refractivity (Wildman–Crippen MR) is 140 cm³/mol. The van der Waals surface area contributed by atoms with Crippen LogP contribution in [0.25, 0.3) is 11.4 Å². The molecule has 0 spiro atoms. The van der Waals surface area contributed by atoms with Crippen LogP contribution < -0.4 is 13.9 Å². The molecule has 0 aliphatic rings. The first-order valence-corrected chi connectivity index (χ1v) is 14.6. The molecule has 1 atom stereocenters. The number of rotatable bonds is 10. The minimum atomic E-state index is -2.11. The Morgan fingerprint density at radius 3 is 2.47 bits per heavy atom. The van der Waals surface area contributed by atoms with Crippen LogP contribution in [0, 0.1) is 0 Å². The van der Waals surface area contributed by atoms with Gasteiger partial charge in [-0.1, -0.05) is 32.9 Å². The lowest BCUT2D eigenvalue weighted by Crippen LogP contribution is -2.43. The number of carbonyl (C=O) groups is 1. The van der Waals surface area contributed by atoms with E-state index in [9.17, 15) is 15.0 Å². The summed E-state index contributed by atoms with van der Waals surface area (Å²) in [5.41, 5.74) is 1.94. The Bertz CT molecular complexity index is 1210. The maximum absolute atomic E-state index is 11.3. The van der Waals surface area contributed by atoms with E-state index in [2.05, 4.69) is 43.8 Å². The largest absolute Gasteiger partial charge is 0.543 e. The number of ether oxygens (including phenoxy) is 2. The highest BCUT2D eigenvalue weighted by atomic mass is 28.4. The molecule has 8 nitrogen and oxygen atoms in total. The number of hydrogen-bond donors (Lipinski definition) is 2. The Morgan fingerprint density at radius 2 is 1.81 bits per heavy atom. The monoisotopic (exact) mass is 510 g/mol. The van der Waals surface area contributed by atoms with Gasteiger partial charge in [-0.25, -0.2) is 14.8 Å². The summed E-state index contributed by atoms with van der Waals surface area (Å²) in [5, 5.41) is 19.3. The molecule has 36 heavy (non-hydrogen) atoms. The third-order valence-electron chi connectivity index (χ3n) is 6.35. The number of hydrogen-bond acceptors (Lipinski definition) is 7. The average Bonchev–Trinajstić information content (AvgIpc) is 2.82. The topological polar surface area (TPSA) is 111 Å². The molecule has 0 amide bonds. The summed E-state index contributed by atoms with van der Waals surface area (Å²) >= 11 is 0. The van der Waals surface area contributed by atoms with Crippen LogP contribution in [0.5, 0.6) is 17.2 Å². The van der Waals surface area contributed by atoms with E-state index in [0.29, 0.717) is 34.3 Å². The van der Waals surface area contributed by atoms with Gasteiger partial charge in [-0.2, -0.15) is 0 Å². The quantitative estimate of drug-likeness (QED) is 0.362. The molecule has 0 aliphatic heterocycles. The summed E-state index contributed by atoms with van der Waals surface area (Å²) < 4.78 is 17.8. The summed E-state index contributed by atoms with van der Waals surface area (Å²) in [6.45, 7) is 10.8. The molecule has 0 radical (unpaired) electrons. The average molecular weight is 511 g/mol. The van der Waals surface area contributed by atoms with Gasteiger partial charge in [0.25, 0.3) is 0 Å². The Kier molecular flexibility index (Phi) is 8.37. The molecule has 2 N–H and O–H groups in total. The smallest absolute Gasteiger partial charge is 0.332 e. The summed E-state index contributed by atoms with van der Waals surface area (Å²) in [6.07, 6.45) is -0.0272. The van der Waals surface area contributed by atoms with Crippen molar-refractivity contribution >= 4 is 14.3 Å². The highest BCUT2D eigenvalue weighted by Crippen LogP contribution is 2.38. The number of aromatic nitrogens is 2. The lowest BCUT2D eigenvalue weighted by atomic mass is 10.1. The Balaban J connectivity index is 1.85. The van der Waals surface area contributed by atoms with Crippen LogP contribution in [0.15, 0.2) is 54.7 Å². The van der Waals surface area contributed by atoms with Crippen molar-refractivity contribution in [3.05, 3.63) is 66.0 Å². The molecule has 0 saturated heterocycles. The molecule has 0 bridgehead atoms. The van der Waals surface area contributed by atoms with Crippen LogP contribution in [0.2, 0.25) is 18.1 Å². The molecule has 3 aromatic rings. The van der Waals surface area contributed by atoms with Gasteiger partial charge in [0, 0.05) is 18.2 Å². The van der Waals surface area contributed by atoms with E-state index in [-0.39, 0.29) is 18.1 Å². The highest BCUT2D eigenvalue weighted by Gasteiger charge is 2.39. The molecule has 1 aromatic heterocycles. The number of methoxy groups -OCH3 is 1. The van der Waals surface area contributed by atoms with Crippen LogP contribution in [0.4, 0.5) is 0 Å². The van der Waals surface area contributed by atoms with Crippen LogP contribution in [-0.4, -0.2) is 47.7 Å². The van der Waals surface area contributed by atoms with Crippen molar-refractivity contribution in [3.8, 4) is 28.6 Å². The summed E-state index contributed by atoms with van der Waals surface area (Å²) in [7, 11) is -0.518. The fourth-order valence-corrected chi connectivity index (χ4v) is 4.27. The molecule has 0 saturated carbocycles. The van der Waals surface area contributed by atoms with Crippen molar-refractivity contribution in [3.63, 3.8) is 0 Å². The standard InChI is InChI=1S/C27H34N2O6Si/c1-27(2,3)36(5,6)35-20-11-12-23(18(15-20)16-22(30)26(31)32)34-17-19-13-14-28-25(29-19)21-9-7-8-10-24(21)33-4/h7-15,22,30H,16-17H2,1-6H3,(H,31,32). The van der Waals surface area contributed by atoms with Crippen molar-refractivity contribution in [1.29, 1.82) is 0 Å². The molecule has 1 unspecified atom stereocenters. The maximum Gasteiger partial charge on any atom is 0.332 e. The summed E-state index contributed by atoms with van der Waals surface area (Å²) in [4.78, 5) is 20.3. The first-order chi connectivity index (χ1) is 16.9. The highest BCUT2D eigenvalue weighted by molar-refractivity contribution is 6.74. The third kappa shape index (κ3) is 6.61. The van der Waals surface area contributed by atoms with Gasteiger partial charge >= 0.3 is 5.97 Å². The van der Waals surface area contributed by atoms with Gasteiger partial charge in [-0.3, -0.25) is 0 Å². The summed E-state index contributed by atoms with van der Waals surface area (Å²) in [6, 6.07) is 14.5. The van der Waals surface area contributed by atoms with Gasteiger partial charge in [0.05, 0.1) is 18.4 Å². The minimum Gasteiger partial charge on any atom is -0.543 e. The fourth-order valence-electron chi connectivity index (χ4n) is 3.25. The molecule has 2 aromatic carbocycles. The van der Waals surface area contributed by atoms with Crippen molar-refractivity contribution in [2.24, 2.45) is 0 Å². The Hall–Kier alpha value is -3.43. The van der Waals surface area contributed by atoms with Gasteiger partial charge in [-0.15, -0.1) is 0 Å². The van der Waals surface area contributed by atoms with E-state index < -0.39 is 20.4 Å². The van der Waals surface area contributed by atoms with E-state index in [4.69, 9.17) is 13.9 Å². The first-order valence-electron chi connectivity index (χ1n) is 11.7. The third-order valence-corrected chi connectivity index (χ3v) is 10.7. The SMILES string of the molecule is COc1ccccc1-c1nccc(COc2ccc(O[Si](C)(C)C(C)(C)C)cc2CC(O)C(=O)O)n1. The Labute approximate surface area is 213 Å². The van der Waals surface area contributed by atoms with Gasteiger partial charge in [-0.05, 0) is 54.5 Å². The van der Waals surface area contributed by atoms with Gasteiger partial charge in [0.2, 0.25) is 8.32 Å². The van der Waals surface area contributed by atoms with Gasteiger partial charge < -0.3 is 24.1 Å². The Morgan fingerprint density at radius 1 is 1.08 bits per heavy atom. The normalized spacial score (nSPS) is 12.6.